The van der Waals surface area contributed by atoms with Gasteiger partial charge in [0.2, 0.25) is 11.8 Å². The van der Waals surface area contributed by atoms with Crippen LogP contribution in [-0.4, -0.2) is 61.6 Å². The van der Waals surface area contributed by atoms with Gasteiger partial charge in [0, 0.05) is 12.1 Å². The van der Waals surface area contributed by atoms with Crippen molar-refractivity contribution in [1.82, 2.24) is 10.2 Å². The number of hydrogen-bond acceptors (Lipinski definition) is 5. The van der Waals surface area contributed by atoms with Crippen LogP contribution in [0.15, 0.2) is 24.3 Å². The van der Waals surface area contributed by atoms with Crippen molar-refractivity contribution in [3.8, 4) is 5.75 Å². The first-order chi connectivity index (χ1) is 12.5. The summed E-state index contributed by atoms with van der Waals surface area (Å²) in [5.74, 6) is -0.532. The normalized spacial score (nSPS) is 16.8. The molecule has 3 N–H and O–H groups in total. The fraction of sp³-hybridized carbons (Fsp3) is 0.500. The van der Waals surface area contributed by atoms with Crippen LogP contribution in [0.3, 0.4) is 0 Å². The van der Waals surface area contributed by atoms with E-state index in [1.807, 2.05) is 0 Å². The van der Waals surface area contributed by atoms with Gasteiger partial charge < -0.3 is 25.4 Å². The topological polar surface area (TPSA) is 111 Å². The molecule has 1 fully saturated rings. The van der Waals surface area contributed by atoms with Gasteiger partial charge in [-0.3, -0.25) is 14.4 Å². The summed E-state index contributed by atoms with van der Waals surface area (Å²) in [6.07, 6.45) is 1.23. The molecule has 0 radical (unpaired) electrons. The zero-order valence-electron chi connectivity index (χ0n) is 14.9. The minimum atomic E-state index is -0.802. The minimum absolute atomic E-state index is 0.105. The Labute approximate surface area is 152 Å². The molecule has 8 nitrogen and oxygen atoms in total. The molecule has 1 aliphatic rings. The van der Waals surface area contributed by atoms with Crippen molar-refractivity contribution in [2.75, 3.05) is 32.8 Å². The van der Waals surface area contributed by atoms with Crippen LogP contribution in [0.5, 0.6) is 5.75 Å². The molecule has 26 heavy (non-hydrogen) atoms. The molecular formula is C18H25N3O5. The smallest absolute Gasteiger partial charge is 0.251 e. The first-order valence-corrected chi connectivity index (χ1v) is 8.71. The SMILES string of the molecule is CCCCOc1ccc(C(=O)NCC(=O)N2CCOC(C(N)=O)C2)cc1. The van der Waals surface area contributed by atoms with Gasteiger partial charge in [-0.05, 0) is 30.7 Å². The number of morpholine rings is 1. The summed E-state index contributed by atoms with van der Waals surface area (Å²) < 4.78 is 10.7. The van der Waals surface area contributed by atoms with Gasteiger partial charge in [0.15, 0.2) is 6.10 Å². The zero-order valence-corrected chi connectivity index (χ0v) is 14.9. The van der Waals surface area contributed by atoms with E-state index in [4.69, 9.17) is 15.2 Å². The molecule has 1 unspecified atom stereocenters. The summed E-state index contributed by atoms with van der Waals surface area (Å²) in [4.78, 5) is 37.0. The Morgan fingerprint density at radius 2 is 2.04 bits per heavy atom. The van der Waals surface area contributed by atoms with E-state index in [2.05, 4.69) is 12.2 Å². The third kappa shape index (κ3) is 5.73. The second-order valence-electron chi connectivity index (χ2n) is 6.01. The maximum absolute atomic E-state index is 12.2. The lowest BCUT2D eigenvalue weighted by molar-refractivity contribution is -0.144. The number of amides is 3. The maximum Gasteiger partial charge on any atom is 0.251 e. The van der Waals surface area contributed by atoms with Crippen LogP contribution in [0.25, 0.3) is 0 Å². The molecular weight excluding hydrogens is 338 g/mol. The molecule has 0 bridgehead atoms. The first-order valence-electron chi connectivity index (χ1n) is 8.71. The Balaban J connectivity index is 1.80. The molecule has 0 aliphatic carbocycles. The van der Waals surface area contributed by atoms with Gasteiger partial charge in [-0.15, -0.1) is 0 Å². The Morgan fingerprint density at radius 1 is 1.31 bits per heavy atom. The Kier molecular flexibility index (Phi) is 7.40. The van der Waals surface area contributed by atoms with Gasteiger partial charge in [-0.2, -0.15) is 0 Å². The summed E-state index contributed by atoms with van der Waals surface area (Å²) in [6, 6.07) is 6.76. The number of carbonyl (C=O) groups excluding carboxylic acids is 3. The Morgan fingerprint density at radius 3 is 2.69 bits per heavy atom. The first kappa shape index (κ1) is 19.7. The average molecular weight is 363 g/mol. The van der Waals surface area contributed by atoms with Crippen molar-refractivity contribution in [2.24, 2.45) is 5.73 Å². The minimum Gasteiger partial charge on any atom is -0.494 e. The number of ether oxygens (including phenoxy) is 2. The molecule has 2 rings (SSSR count). The fourth-order valence-electron chi connectivity index (χ4n) is 2.45. The van der Waals surface area contributed by atoms with Crippen LogP contribution < -0.4 is 15.8 Å². The van der Waals surface area contributed by atoms with Crippen molar-refractivity contribution in [3.05, 3.63) is 29.8 Å². The lowest BCUT2D eigenvalue weighted by atomic mass is 10.2. The highest BCUT2D eigenvalue weighted by atomic mass is 16.5. The van der Waals surface area contributed by atoms with Gasteiger partial charge in [0.1, 0.15) is 5.75 Å². The van der Waals surface area contributed by atoms with Crippen molar-refractivity contribution >= 4 is 17.7 Å². The van der Waals surface area contributed by atoms with Crippen LogP contribution >= 0.6 is 0 Å². The van der Waals surface area contributed by atoms with E-state index in [9.17, 15) is 14.4 Å². The van der Waals surface area contributed by atoms with Gasteiger partial charge in [0.25, 0.3) is 5.91 Å². The number of primary amides is 1. The molecule has 1 heterocycles. The van der Waals surface area contributed by atoms with Gasteiger partial charge in [0.05, 0.1) is 26.3 Å². The van der Waals surface area contributed by atoms with Crippen molar-refractivity contribution in [3.63, 3.8) is 0 Å². The lowest BCUT2D eigenvalue weighted by Crippen LogP contribution is -2.52. The largest absolute Gasteiger partial charge is 0.494 e. The highest BCUT2D eigenvalue weighted by Crippen LogP contribution is 2.13. The molecule has 8 heteroatoms. The monoisotopic (exact) mass is 363 g/mol. The van der Waals surface area contributed by atoms with Crippen molar-refractivity contribution < 1.29 is 23.9 Å². The third-order valence-corrected chi connectivity index (χ3v) is 4.02. The third-order valence-electron chi connectivity index (χ3n) is 4.02. The molecule has 0 saturated carbocycles. The average Bonchev–Trinajstić information content (AvgIpc) is 2.66. The summed E-state index contributed by atoms with van der Waals surface area (Å²) >= 11 is 0. The second kappa shape index (κ2) is 9.76. The molecule has 1 saturated heterocycles. The number of benzene rings is 1. The maximum atomic E-state index is 12.2. The highest BCUT2D eigenvalue weighted by molar-refractivity contribution is 5.96. The van der Waals surface area contributed by atoms with Gasteiger partial charge in [-0.1, -0.05) is 13.3 Å². The van der Waals surface area contributed by atoms with Crippen LogP contribution in [-0.2, 0) is 14.3 Å². The number of nitrogens with zero attached hydrogens (tertiary/aromatic N) is 1. The second-order valence-corrected chi connectivity index (χ2v) is 6.01. The molecule has 1 atom stereocenters. The number of nitrogens with two attached hydrogens (primary N) is 1. The molecule has 142 valence electrons. The van der Waals surface area contributed by atoms with Gasteiger partial charge >= 0.3 is 0 Å². The number of carbonyl (C=O) groups is 3. The molecule has 1 aromatic rings. The van der Waals surface area contributed by atoms with Crippen LogP contribution in [0.4, 0.5) is 0 Å². The van der Waals surface area contributed by atoms with E-state index in [-0.39, 0.29) is 31.5 Å². The van der Waals surface area contributed by atoms with Crippen molar-refractivity contribution in [2.45, 2.75) is 25.9 Å². The van der Waals surface area contributed by atoms with Crippen LogP contribution in [0, 0.1) is 0 Å². The molecule has 3 amide bonds. The van der Waals surface area contributed by atoms with E-state index in [0.717, 1.165) is 12.8 Å². The van der Waals surface area contributed by atoms with E-state index < -0.39 is 12.0 Å². The zero-order chi connectivity index (χ0) is 18.9. The highest BCUT2D eigenvalue weighted by Gasteiger charge is 2.27. The van der Waals surface area contributed by atoms with E-state index in [1.54, 1.807) is 24.3 Å². The Hall–Kier alpha value is -2.61. The van der Waals surface area contributed by atoms with Gasteiger partial charge in [-0.25, -0.2) is 0 Å². The summed E-state index contributed by atoms with van der Waals surface area (Å²) in [5, 5.41) is 2.58. The standard InChI is InChI=1S/C18H25N3O5/c1-2-3-9-25-14-6-4-13(5-7-14)18(24)20-11-16(22)21-8-10-26-15(12-21)17(19)23/h4-7,15H,2-3,8-12H2,1H3,(H2,19,23)(H,20,24). The van der Waals surface area contributed by atoms with Crippen LogP contribution in [0.2, 0.25) is 0 Å². The summed E-state index contributed by atoms with van der Waals surface area (Å²) in [7, 11) is 0. The molecule has 1 aliphatic heterocycles. The predicted molar refractivity (Wildman–Crippen MR) is 94.7 cm³/mol. The van der Waals surface area contributed by atoms with Crippen LogP contribution in [0.1, 0.15) is 30.1 Å². The number of rotatable bonds is 8. The van der Waals surface area contributed by atoms with E-state index in [0.29, 0.717) is 24.5 Å². The lowest BCUT2D eigenvalue weighted by Gasteiger charge is -2.31. The predicted octanol–water partition coefficient (Wildman–Crippen LogP) is 0.308. The quantitative estimate of drug-likeness (QED) is 0.646. The number of nitrogens with one attached hydrogen (secondary N) is 1. The Bertz CT molecular complexity index is 632. The molecule has 0 aromatic heterocycles. The summed E-state index contributed by atoms with van der Waals surface area (Å²) in [6.45, 7) is 3.29. The molecule has 1 aromatic carbocycles. The summed E-state index contributed by atoms with van der Waals surface area (Å²) in [5.41, 5.74) is 5.64. The molecule has 0 spiro atoms. The van der Waals surface area contributed by atoms with E-state index in [1.165, 1.54) is 4.90 Å². The van der Waals surface area contributed by atoms with Crippen molar-refractivity contribution in [1.29, 1.82) is 0 Å². The van der Waals surface area contributed by atoms with E-state index >= 15 is 0 Å². The number of hydrogen-bond donors (Lipinski definition) is 2. The fourth-order valence-corrected chi connectivity index (χ4v) is 2.45. The number of unbranched alkanes of at least 4 members (excludes halogenated alkanes) is 1.